The number of benzene rings is 4. The lowest BCUT2D eigenvalue weighted by Crippen LogP contribution is -2.76. The minimum atomic E-state index is -2.96. The molecule has 4 rings (SSSR count). The molecule has 0 bridgehead atoms. The van der Waals surface area contributed by atoms with Gasteiger partial charge in [-0.2, -0.15) is 0 Å². The third kappa shape index (κ3) is 5.73. The van der Waals surface area contributed by atoms with Gasteiger partial charge >= 0.3 is 17.1 Å². The van der Waals surface area contributed by atoms with E-state index in [1.54, 1.807) is 0 Å². The Hall–Kier alpha value is -2.37. The summed E-state index contributed by atoms with van der Waals surface area (Å²) in [6.45, 7) is 8.67. The quantitative estimate of drug-likeness (QED) is 0.232. The van der Waals surface area contributed by atoms with Crippen molar-refractivity contribution in [3.8, 4) is 0 Å². The summed E-state index contributed by atoms with van der Waals surface area (Å²) < 4.78 is 21.1. The maximum absolute atomic E-state index is 7.68. The molecule has 0 aliphatic carbocycles. The van der Waals surface area contributed by atoms with E-state index in [0.717, 1.165) is 5.19 Å². The highest BCUT2D eigenvalue weighted by Crippen LogP contribution is 2.22. The summed E-state index contributed by atoms with van der Waals surface area (Å²) in [5, 5.41) is 4.75. The highest BCUT2D eigenvalue weighted by Gasteiger charge is 2.52. The minimum Gasteiger partial charge on any atom is -0.442 e. The summed E-state index contributed by atoms with van der Waals surface area (Å²) in [6, 6.07) is 42.6. The molecule has 0 spiro atoms. The van der Waals surface area contributed by atoms with Crippen LogP contribution in [0.5, 0.6) is 0 Å². The molecule has 1 unspecified atom stereocenters. The molecule has 3 nitrogen and oxygen atoms in total. The first kappa shape index (κ1) is 25.7. The normalized spacial score (nSPS) is 14.2. The summed E-state index contributed by atoms with van der Waals surface area (Å²) in [5.74, 6) is 0. The Morgan fingerprint density at radius 3 is 1.17 bits per heavy atom. The molecule has 0 aromatic heterocycles. The monoisotopic (exact) mass is 530 g/mol. The van der Waals surface area contributed by atoms with Gasteiger partial charge in [0.15, 0.2) is 0 Å². The SMILES string of the molecule is C[SiH2]O[Si](C)(C)O[Si](C)(O[Si](c1ccccc1)(c1ccccc1)c1ccccc1)c1ccccc1. The zero-order valence-electron chi connectivity index (χ0n) is 21.0. The van der Waals surface area contributed by atoms with Crippen LogP contribution in [0.15, 0.2) is 121 Å². The Bertz CT molecular complexity index is 1100. The molecule has 1 atom stereocenters. The van der Waals surface area contributed by atoms with Crippen LogP contribution in [-0.4, -0.2) is 35.2 Å². The van der Waals surface area contributed by atoms with Gasteiger partial charge in [0.1, 0.15) is 9.76 Å². The summed E-state index contributed by atoms with van der Waals surface area (Å²) >= 11 is 0. The Balaban J connectivity index is 1.99. The average Bonchev–Trinajstić information content (AvgIpc) is 2.89. The fourth-order valence-corrected chi connectivity index (χ4v) is 21.0. The molecule has 0 aliphatic heterocycles. The largest absolute Gasteiger partial charge is 0.442 e. The Labute approximate surface area is 215 Å². The van der Waals surface area contributed by atoms with E-state index in [2.05, 4.69) is 141 Å². The third-order valence-electron chi connectivity index (χ3n) is 6.12. The van der Waals surface area contributed by atoms with Crippen LogP contribution >= 0.6 is 0 Å². The van der Waals surface area contributed by atoms with E-state index in [0.29, 0.717) is 0 Å². The summed E-state index contributed by atoms with van der Waals surface area (Å²) in [7, 11) is -8.93. The van der Waals surface area contributed by atoms with Gasteiger partial charge in [0, 0.05) is 0 Å². The molecule has 180 valence electrons. The molecule has 7 heteroatoms. The van der Waals surface area contributed by atoms with E-state index in [4.69, 9.17) is 12.3 Å². The molecule has 0 N–H and O–H groups in total. The van der Waals surface area contributed by atoms with Crippen molar-refractivity contribution in [1.82, 2.24) is 0 Å². The first-order valence-electron chi connectivity index (χ1n) is 12.2. The Morgan fingerprint density at radius 2 is 0.829 bits per heavy atom. The van der Waals surface area contributed by atoms with Gasteiger partial charge in [-0.3, -0.25) is 0 Å². The van der Waals surface area contributed by atoms with Crippen molar-refractivity contribution in [3.63, 3.8) is 0 Å². The van der Waals surface area contributed by atoms with Crippen molar-refractivity contribution in [2.75, 3.05) is 0 Å². The molecule has 0 fully saturated rings. The second-order valence-corrected chi connectivity index (χ2v) is 20.9. The van der Waals surface area contributed by atoms with E-state index in [9.17, 15) is 0 Å². The van der Waals surface area contributed by atoms with Crippen LogP contribution in [0.25, 0.3) is 0 Å². The molecule has 0 radical (unpaired) electrons. The maximum atomic E-state index is 7.68. The maximum Gasteiger partial charge on any atom is 0.350 e. The average molecular weight is 531 g/mol. The van der Waals surface area contributed by atoms with Gasteiger partial charge < -0.3 is 12.3 Å². The van der Waals surface area contributed by atoms with E-state index in [1.807, 2.05) is 6.07 Å². The topological polar surface area (TPSA) is 27.7 Å². The van der Waals surface area contributed by atoms with Crippen LogP contribution in [0.1, 0.15) is 0 Å². The second kappa shape index (κ2) is 11.1. The number of hydrogen-bond acceptors (Lipinski definition) is 3. The Morgan fingerprint density at radius 1 is 0.486 bits per heavy atom. The molecule has 0 amide bonds. The molecule has 0 saturated carbocycles. The highest BCUT2D eigenvalue weighted by molar-refractivity contribution is 7.11. The smallest absolute Gasteiger partial charge is 0.350 e. The third-order valence-corrected chi connectivity index (χ3v) is 21.2. The zero-order valence-corrected chi connectivity index (χ0v) is 25.4. The van der Waals surface area contributed by atoms with Gasteiger partial charge in [-0.15, -0.1) is 0 Å². The molecular weight excluding hydrogens is 497 g/mol. The van der Waals surface area contributed by atoms with Crippen molar-refractivity contribution in [1.29, 1.82) is 0 Å². The van der Waals surface area contributed by atoms with Crippen LogP contribution in [-0.2, 0) is 12.3 Å². The van der Waals surface area contributed by atoms with E-state index >= 15 is 0 Å². The first-order valence-corrected chi connectivity index (χ1v) is 21.2. The van der Waals surface area contributed by atoms with Crippen LogP contribution in [0.2, 0.25) is 26.2 Å². The minimum absolute atomic E-state index is 0.618. The van der Waals surface area contributed by atoms with Crippen molar-refractivity contribution in [3.05, 3.63) is 121 Å². The lowest BCUT2D eigenvalue weighted by Gasteiger charge is -2.43. The fourth-order valence-electron chi connectivity index (χ4n) is 4.71. The Kier molecular flexibility index (Phi) is 8.18. The molecule has 4 aromatic rings. The second-order valence-electron chi connectivity index (χ2n) is 9.13. The highest BCUT2D eigenvalue weighted by atomic mass is 28.5. The predicted octanol–water partition coefficient (Wildman–Crippen LogP) is 3.52. The van der Waals surface area contributed by atoms with E-state index in [1.165, 1.54) is 15.6 Å². The molecule has 35 heavy (non-hydrogen) atoms. The summed E-state index contributed by atoms with van der Waals surface area (Å²) in [5.41, 5.74) is 0. The molecular formula is C28H34O3Si4. The van der Waals surface area contributed by atoms with E-state index < -0.39 is 35.2 Å². The van der Waals surface area contributed by atoms with Gasteiger partial charge in [-0.05, 0) is 40.4 Å². The summed E-state index contributed by atoms with van der Waals surface area (Å²) in [4.78, 5) is 0. The first-order chi connectivity index (χ1) is 16.9. The molecule has 4 aromatic carbocycles. The van der Waals surface area contributed by atoms with E-state index in [-0.39, 0.29) is 0 Å². The molecule has 0 aliphatic rings. The molecule has 0 heterocycles. The van der Waals surface area contributed by atoms with Crippen molar-refractivity contribution < 1.29 is 12.3 Å². The zero-order chi connectivity index (χ0) is 24.8. The van der Waals surface area contributed by atoms with Crippen LogP contribution < -0.4 is 20.7 Å². The van der Waals surface area contributed by atoms with Crippen LogP contribution in [0.4, 0.5) is 0 Å². The lowest BCUT2D eigenvalue weighted by molar-refractivity contribution is 0.349. The van der Waals surface area contributed by atoms with Crippen LogP contribution in [0, 0.1) is 0 Å². The van der Waals surface area contributed by atoms with Gasteiger partial charge in [-0.1, -0.05) is 128 Å². The standard InChI is InChI=1S/C28H34O3Si4/c1-32-29-33(2,3)30-34(4,25-17-9-5-10-18-25)31-35(26-19-11-6-12-20-26,27-21-13-7-14-22-27)28-23-15-8-16-24-28/h5-24H,32H2,1-4H3. The summed E-state index contributed by atoms with van der Waals surface area (Å²) in [6.07, 6.45) is 0. The van der Waals surface area contributed by atoms with Crippen molar-refractivity contribution in [2.24, 2.45) is 0 Å². The van der Waals surface area contributed by atoms with Gasteiger partial charge in [0.2, 0.25) is 0 Å². The fraction of sp³-hybridized carbons (Fsp3) is 0.143. The van der Waals surface area contributed by atoms with Gasteiger partial charge in [0.25, 0.3) is 8.32 Å². The number of rotatable bonds is 10. The van der Waals surface area contributed by atoms with Crippen LogP contribution in [0.3, 0.4) is 0 Å². The predicted molar refractivity (Wildman–Crippen MR) is 157 cm³/mol. The molecule has 0 saturated heterocycles. The van der Waals surface area contributed by atoms with Gasteiger partial charge in [-0.25, -0.2) is 0 Å². The lowest BCUT2D eigenvalue weighted by atomic mass is 10.3. The number of hydrogen-bond donors (Lipinski definition) is 0. The van der Waals surface area contributed by atoms with Gasteiger partial charge in [0.05, 0.1) is 0 Å². The van der Waals surface area contributed by atoms with Crippen molar-refractivity contribution >= 4 is 55.9 Å². The van der Waals surface area contributed by atoms with Crippen molar-refractivity contribution in [2.45, 2.75) is 26.2 Å².